The van der Waals surface area contributed by atoms with Crippen molar-refractivity contribution in [1.82, 2.24) is 0 Å². The van der Waals surface area contributed by atoms with E-state index in [1.54, 1.807) is 24.3 Å². The van der Waals surface area contributed by atoms with E-state index in [2.05, 4.69) is 5.32 Å². The number of nitrogens with one attached hydrogen (secondary N) is 1. The number of methoxy groups -OCH3 is 1. The number of carbonyl (C=O) groups excluding carboxylic acids is 3. The molecule has 0 saturated heterocycles. The SMILES string of the molecule is COc1ccc(C)cc1CC(=O)OCC(=O)c1ccc2c(c1)CC(=O)N2. The number of ether oxygens (including phenoxy) is 2. The smallest absolute Gasteiger partial charge is 0.310 e. The van der Waals surface area contributed by atoms with Gasteiger partial charge in [0.15, 0.2) is 12.4 Å². The Morgan fingerprint density at radius 3 is 2.73 bits per heavy atom. The summed E-state index contributed by atoms with van der Waals surface area (Å²) in [5, 5.41) is 2.71. The number of hydrogen-bond donors (Lipinski definition) is 1. The molecule has 0 spiro atoms. The summed E-state index contributed by atoms with van der Waals surface area (Å²) in [5.41, 5.74) is 3.63. The van der Waals surface area contributed by atoms with Gasteiger partial charge >= 0.3 is 5.97 Å². The molecule has 1 aliphatic rings. The number of Topliss-reactive ketones (excluding diaryl/α,β-unsaturated/α-hetero) is 1. The summed E-state index contributed by atoms with van der Waals surface area (Å²) in [4.78, 5) is 35.7. The highest BCUT2D eigenvalue weighted by Crippen LogP contribution is 2.24. The molecule has 134 valence electrons. The van der Waals surface area contributed by atoms with E-state index in [0.29, 0.717) is 16.9 Å². The van der Waals surface area contributed by atoms with E-state index in [9.17, 15) is 14.4 Å². The third kappa shape index (κ3) is 3.91. The molecule has 2 aromatic rings. The van der Waals surface area contributed by atoms with E-state index in [-0.39, 0.29) is 31.1 Å². The second-order valence-corrected chi connectivity index (χ2v) is 6.17. The lowest BCUT2D eigenvalue weighted by molar-refractivity contribution is -0.141. The zero-order chi connectivity index (χ0) is 18.7. The predicted octanol–water partition coefficient (Wildman–Crippen LogP) is 2.47. The van der Waals surface area contributed by atoms with Gasteiger partial charge < -0.3 is 14.8 Å². The maximum Gasteiger partial charge on any atom is 0.310 e. The molecule has 6 heteroatoms. The molecule has 6 nitrogen and oxygen atoms in total. The quantitative estimate of drug-likeness (QED) is 0.637. The number of benzene rings is 2. The molecule has 3 rings (SSSR count). The van der Waals surface area contributed by atoms with Crippen molar-refractivity contribution in [2.45, 2.75) is 19.8 Å². The van der Waals surface area contributed by atoms with E-state index in [4.69, 9.17) is 9.47 Å². The molecule has 0 bridgehead atoms. The summed E-state index contributed by atoms with van der Waals surface area (Å²) < 4.78 is 10.4. The average molecular weight is 353 g/mol. The third-order valence-electron chi connectivity index (χ3n) is 4.19. The third-order valence-corrected chi connectivity index (χ3v) is 4.19. The first-order valence-corrected chi connectivity index (χ1v) is 8.21. The number of carbonyl (C=O) groups is 3. The number of aryl methyl sites for hydroxylation is 1. The van der Waals surface area contributed by atoms with Gasteiger partial charge in [0.2, 0.25) is 5.91 Å². The van der Waals surface area contributed by atoms with E-state index < -0.39 is 5.97 Å². The molecular weight excluding hydrogens is 334 g/mol. The van der Waals surface area contributed by atoms with Gasteiger partial charge in [-0.1, -0.05) is 17.7 Å². The normalized spacial score (nSPS) is 12.3. The predicted molar refractivity (Wildman–Crippen MR) is 95.5 cm³/mol. The highest BCUT2D eigenvalue weighted by atomic mass is 16.5. The highest BCUT2D eigenvalue weighted by molar-refractivity contribution is 6.02. The van der Waals surface area contributed by atoms with Gasteiger partial charge in [0.1, 0.15) is 5.75 Å². The van der Waals surface area contributed by atoms with Crippen molar-refractivity contribution in [2.75, 3.05) is 19.0 Å². The largest absolute Gasteiger partial charge is 0.496 e. The molecule has 0 fully saturated rings. The van der Waals surface area contributed by atoms with Gasteiger partial charge in [0.05, 0.1) is 20.0 Å². The Labute approximate surface area is 151 Å². The number of rotatable bonds is 6. The molecule has 0 saturated carbocycles. The average Bonchev–Trinajstić information content (AvgIpc) is 2.99. The van der Waals surface area contributed by atoms with Crippen LogP contribution in [0.5, 0.6) is 5.75 Å². The molecule has 1 amide bonds. The second-order valence-electron chi connectivity index (χ2n) is 6.17. The fourth-order valence-corrected chi connectivity index (χ4v) is 2.88. The minimum Gasteiger partial charge on any atom is -0.496 e. The van der Waals surface area contributed by atoms with Crippen molar-refractivity contribution >= 4 is 23.3 Å². The fraction of sp³-hybridized carbons (Fsp3) is 0.250. The zero-order valence-corrected chi connectivity index (χ0v) is 14.6. The van der Waals surface area contributed by atoms with Crippen molar-refractivity contribution in [3.05, 3.63) is 58.7 Å². The lowest BCUT2D eigenvalue weighted by Gasteiger charge is -2.10. The summed E-state index contributed by atoms with van der Waals surface area (Å²) in [6, 6.07) is 10.5. The summed E-state index contributed by atoms with van der Waals surface area (Å²) in [6.07, 6.45) is 0.282. The number of fused-ring (bicyclic) bond motifs is 1. The van der Waals surface area contributed by atoms with Crippen LogP contribution in [-0.4, -0.2) is 31.4 Å². The van der Waals surface area contributed by atoms with Crippen molar-refractivity contribution in [3.63, 3.8) is 0 Å². The number of anilines is 1. The lowest BCUT2D eigenvalue weighted by atomic mass is 10.1. The van der Waals surface area contributed by atoms with E-state index in [1.165, 1.54) is 7.11 Å². The standard InChI is InChI=1S/C20H19NO5/c1-12-3-6-18(25-2)15(7-12)10-20(24)26-11-17(22)13-4-5-16-14(8-13)9-19(23)21-16/h3-8H,9-11H2,1-2H3,(H,21,23). The molecule has 0 radical (unpaired) electrons. The van der Waals surface area contributed by atoms with Crippen LogP contribution in [0.4, 0.5) is 5.69 Å². The van der Waals surface area contributed by atoms with Crippen LogP contribution in [0.1, 0.15) is 27.0 Å². The maximum absolute atomic E-state index is 12.3. The monoisotopic (exact) mass is 353 g/mol. The van der Waals surface area contributed by atoms with E-state index >= 15 is 0 Å². The Morgan fingerprint density at radius 2 is 1.96 bits per heavy atom. The molecule has 1 N–H and O–H groups in total. The number of amides is 1. The molecule has 0 aliphatic carbocycles. The Bertz CT molecular complexity index is 888. The van der Waals surface area contributed by atoms with Crippen LogP contribution in [0.25, 0.3) is 0 Å². The molecule has 0 atom stereocenters. The molecule has 1 heterocycles. The first-order valence-electron chi connectivity index (χ1n) is 8.21. The Balaban J connectivity index is 1.60. The van der Waals surface area contributed by atoms with E-state index in [1.807, 2.05) is 19.1 Å². The van der Waals surface area contributed by atoms with Crippen LogP contribution in [0.2, 0.25) is 0 Å². The number of hydrogen-bond acceptors (Lipinski definition) is 5. The molecule has 26 heavy (non-hydrogen) atoms. The van der Waals surface area contributed by atoms with Gasteiger partial charge in [-0.2, -0.15) is 0 Å². The number of ketones is 1. The molecular formula is C20H19NO5. The molecule has 2 aromatic carbocycles. The zero-order valence-electron chi connectivity index (χ0n) is 14.6. The van der Waals surface area contributed by atoms with Crippen molar-refractivity contribution in [3.8, 4) is 5.75 Å². The van der Waals surface area contributed by atoms with Crippen molar-refractivity contribution in [1.29, 1.82) is 0 Å². The van der Waals surface area contributed by atoms with Crippen LogP contribution >= 0.6 is 0 Å². The van der Waals surface area contributed by atoms with Gasteiger partial charge in [-0.05, 0) is 36.8 Å². The van der Waals surface area contributed by atoms with Crippen molar-refractivity contribution < 1.29 is 23.9 Å². The van der Waals surface area contributed by atoms with Crippen LogP contribution in [0, 0.1) is 6.92 Å². The van der Waals surface area contributed by atoms with Crippen LogP contribution < -0.4 is 10.1 Å². The summed E-state index contributed by atoms with van der Waals surface area (Å²) in [6.45, 7) is 1.58. The topological polar surface area (TPSA) is 81.7 Å². The lowest BCUT2D eigenvalue weighted by Crippen LogP contribution is -2.16. The first kappa shape index (κ1) is 17.7. The fourth-order valence-electron chi connectivity index (χ4n) is 2.88. The van der Waals surface area contributed by atoms with Gasteiger partial charge in [0.25, 0.3) is 0 Å². The minimum atomic E-state index is -0.500. The maximum atomic E-state index is 12.3. The number of esters is 1. The molecule has 0 aromatic heterocycles. The first-order chi connectivity index (χ1) is 12.5. The van der Waals surface area contributed by atoms with Gasteiger partial charge in [-0.15, -0.1) is 0 Å². The van der Waals surface area contributed by atoms with Crippen LogP contribution in [0.15, 0.2) is 36.4 Å². The van der Waals surface area contributed by atoms with Gasteiger partial charge in [-0.3, -0.25) is 14.4 Å². The Hall–Kier alpha value is -3.15. The van der Waals surface area contributed by atoms with Crippen molar-refractivity contribution in [2.24, 2.45) is 0 Å². The molecule has 0 unspecified atom stereocenters. The summed E-state index contributed by atoms with van der Waals surface area (Å²) in [7, 11) is 1.54. The van der Waals surface area contributed by atoms with E-state index in [0.717, 1.165) is 16.8 Å². The second kappa shape index (κ2) is 7.39. The Morgan fingerprint density at radius 1 is 1.15 bits per heavy atom. The summed E-state index contributed by atoms with van der Waals surface area (Å²) >= 11 is 0. The van der Waals surface area contributed by atoms with Crippen LogP contribution in [0.3, 0.4) is 0 Å². The van der Waals surface area contributed by atoms with Gasteiger partial charge in [0, 0.05) is 16.8 Å². The summed E-state index contributed by atoms with van der Waals surface area (Å²) in [5.74, 6) is -0.297. The highest BCUT2D eigenvalue weighted by Gasteiger charge is 2.20. The van der Waals surface area contributed by atoms with Gasteiger partial charge in [-0.25, -0.2) is 0 Å². The Kier molecular flexibility index (Phi) is 5.02. The minimum absolute atomic E-state index is 0.0285. The molecule has 1 aliphatic heterocycles. The van der Waals surface area contributed by atoms with Crippen LogP contribution in [-0.2, 0) is 27.2 Å².